The van der Waals surface area contributed by atoms with Gasteiger partial charge in [0.15, 0.2) is 5.69 Å². The maximum atomic E-state index is 11.2. The zero-order chi connectivity index (χ0) is 14.2. The Balaban J connectivity index is 2.69. The molecule has 5 nitrogen and oxygen atoms in total. The average molecular weight is 324 g/mol. The van der Waals surface area contributed by atoms with Crippen molar-refractivity contribution in [2.24, 2.45) is 0 Å². The Morgan fingerprint density at radius 3 is 2.68 bits per heavy atom. The molecule has 1 heterocycles. The molecule has 2 aromatic rings. The zero-order valence-electron chi connectivity index (χ0n) is 10.9. The molecule has 6 heteroatoms. The minimum Gasteiger partial charge on any atom is -0.476 e. The fraction of sp³-hybridized carbons (Fsp3) is 0.308. The van der Waals surface area contributed by atoms with Gasteiger partial charge in [-0.3, -0.25) is 0 Å². The van der Waals surface area contributed by atoms with Crippen molar-refractivity contribution in [1.82, 2.24) is 15.0 Å². The Morgan fingerprint density at radius 1 is 1.42 bits per heavy atom. The first-order valence-corrected chi connectivity index (χ1v) is 6.67. The van der Waals surface area contributed by atoms with Crippen LogP contribution in [0.2, 0.25) is 0 Å². The SMILES string of the molecule is Cc1c(Br)cccc1-n1nnc(C(=O)O)c1C(C)C. The van der Waals surface area contributed by atoms with E-state index in [1.807, 2.05) is 39.0 Å². The summed E-state index contributed by atoms with van der Waals surface area (Å²) in [5.41, 5.74) is 2.44. The lowest BCUT2D eigenvalue weighted by atomic mass is 10.1. The lowest BCUT2D eigenvalue weighted by Gasteiger charge is -2.12. The molecule has 1 aromatic heterocycles. The molecule has 0 radical (unpaired) electrons. The van der Waals surface area contributed by atoms with Crippen LogP contribution in [0.5, 0.6) is 0 Å². The molecule has 2 rings (SSSR count). The molecule has 0 aliphatic rings. The van der Waals surface area contributed by atoms with Crippen LogP contribution in [0.1, 0.15) is 41.5 Å². The molecular weight excluding hydrogens is 310 g/mol. The highest BCUT2D eigenvalue weighted by molar-refractivity contribution is 9.10. The van der Waals surface area contributed by atoms with E-state index in [9.17, 15) is 9.90 Å². The number of carboxylic acid groups (broad SMARTS) is 1. The smallest absolute Gasteiger partial charge is 0.358 e. The second-order valence-corrected chi connectivity index (χ2v) is 5.43. The first kappa shape index (κ1) is 13.7. The van der Waals surface area contributed by atoms with Gasteiger partial charge in [0, 0.05) is 4.47 Å². The fourth-order valence-electron chi connectivity index (χ4n) is 1.96. The van der Waals surface area contributed by atoms with Gasteiger partial charge >= 0.3 is 5.97 Å². The summed E-state index contributed by atoms with van der Waals surface area (Å²) >= 11 is 3.46. The summed E-state index contributed by atoms with van der Waals surface area (Å²) in [6.07, 6.45) is 0. The number of hydrogen-bond donors (Lipinski definition) is 1. The molecule has 100 valence electrons. The number of aromatic nitrogens is 3. The first-order chi connectivity index (χ1) is 8.93. The fourth-order valence-corrected chi connectivity index (χ4v) is 2.32. The van der Waals surface area contributed by atoms with Crippen molar-refractivity contribution in [2.45, 2.75) is 26.7 Å². The third kappa shape index (κ3) is 2.40. The number of rotatable bonds is 3. The summed E-state index contributed by atoms with van der Waals surface area (Å²) in [6.45, 7) is 5.80. The number of nitrogens with zero attached hydrogens (tertiary/aromatic N) is 3. The molecule has 0 aliphatic carbocycles. The van der Waals surface area contributed by atoms with Gasteiger partial charge in [-0.15, -0.1) is 5.10 Å². The molecular formula is C13H14BrN3O2. The number of carboxylic acids is 1. The van der Waals surface area contributed by atoms with Crippen molar-refractivity contribution in [2.75, 3.05) is 0 Å². The Labute approximate surface area is 119 Å². The van der Waals surface area contributed by atoms with Crippen LogP contribution in [0, 0.1) is 6.92 Å². The summed E-state index contributed by atoms with van der Waals surface area (Å²) in [5, 5.41) is 17.0. The summed E-state index contributed by atoms with van der Waals surface area (Å²) in [5.74, 6) is -1.04. The molecule has 0 saturated carbocycles. The third-order valence-corrected chi connectivity index (χ3v) is 3.78. The Hall–Kier alpha value is -1.69. The monoisotopic (exact) mass is 323 g/mol. The van der Waals surface area contributed by atoms with Crippen LogP contribution in [-0.4, -0.2) is 26.1 Å². The van der Waals surface area contributed by atoms with Crippen molar-refractivity contribution in [3.8, 4) is 5.69 Å². The molecule has 0 saturated heterocycles. The van der Waals surface area contributed by atoms with E-state index in [0.717, 1.165) is 15.7 Å². The van der Waals surface area contributed by atoms with Gasteiger partial charge in [-0.2, -0.15) is 0 Å². The van der Waals surface area contributed by atoms with Crippen molar-refractivity contribution in [3.05, 3.63) is 39.6 Å². The minimum absolute atomic E-state index is 0.00868. The maximum absolute atomic E-state index is 11.2. The topological polar surface area (TPSA) is 68.0 Å². The van der Waals surface area contributed by atoms with Gasteiger partial charge in [0.1, 0.15) is 0 Å². The van der Waals surface area contributed by atoms with Crippen molar-refractivity contribution in [1.29, 1.82) is 0 Å². The van der Waals surface area contributed by atoms with Crippen molar-refractivity contribution in [3.63, 3.8) is 0 Å². The highest BCUT2D eigenvalue weighted by Crippen LogP contribution is 2.26. The number of aromatic carboxylic acids is 1. The molecule has 0 amide bonds. The van der Waals surface area contributed by atoms with E-state index in [-0.39, 0.29) is 11.6 Å². The van der Waals surface area contributed by atoms with Crippen LogP contribution in [0.15, 0.2) is 22.7 Å². The zero-order valence-corrected chi connectivity index (χ0v) is 12.5. The van der Waals surface area contributed by atoms with Crippen LogP contribution in [0.25, 0.3) is 5.69 Å². The Bertz CT molecular complexity index is 635. The molecule has 1 N–H and O–H groups in total. The number of carbonyl (C=O) groups is 1. The highest BCUT2D eigenvalue weighted by Gasteiger charge is 2.23. The number of halogens is 1. The van der Waals surface area contributed by atoms with E-state index < -0.39 is 5.97 Å². The molecule has 1 aromatic carbocycles. The normalized spacial score (nSPS) is 11.0. The van der Waals surface area contributed by atoms with Crippen LogP contribution in [0.4, 0.5) is 0 Å². The molecule has 0 bridgehead atoms. The molecule has 0 spiro atoms. The standard InChI is InChI=1S/C13H14BrN3O2/c1-7(2)12-11(13(18)19)15-16-17(12)10-6-4-5-9(14)8(10)3/h4-7H,1-3H3,(H,18,19). The minimum atomic E-state index is -1.05. The largest absolute Gasteiger partial charge is 0.476 e. The van der Waals surface area contributed by atoms with Gasteiger partial charge in [-0.25, -0.2) is 9.48 Å². The second kappa shape index (κ2) is 5.13. The predicted molar refractivity (Wildman–Crippen MR) is 74.8 cm³/mol. The summed E-state index contributed by atoms with van der Waals surface area (Å²) < 4.78 is 2.56. The van der Waals surface area contributed by atoms with E-state index in [1.165, 1.54) is 0 Å². The summed E-state index contributed by atoms with van der Waals surface area (Å²) in [6, 6.07) is 5.72. The predicted octanol–water partition coefficient (Wildman–Crippen LogP) is 3.16. The molecule has 19 heavy (non-hydrogen) atoms. The third-order valence-electron chi connectivity index (χ3n) is 2.92. The molecule has 0 fully saturated rings. The van der Waals surface area contributed by atoms with Crippen LogP contribution >= 0.6 is 15.9 Å². The first-order valence-electron chi connectivity index (χ1n) is 5.87. The van der Waals surface area contributed by atoms with Gasteiger partial charge < -0.3 is 5.11 Å². The molecule has 0 unspecified atom stereocenters. The van der Waals surface area contributed by atoms with Gasteiger partial charge in [-0.05, 0) is 30.5 Å². The number of benzene rings is 1. The number of hydrogen-bond acceptors (Lipinski definition) is 3. The second-order valence-electron chi connectivity index (χ2n) is 4.58. The van der Waals surface area contributed by atoms with Gasteiger partial charge in [0.05, 0.1) is 11.4 Å². The Morgan fingerprint density at radius 2 is 2.11 bits per heavy atom. The highest BCUT2D eigenvalue weighted by atomic mass is 79.9. The van der Waals surface area contributed by atoms with Crippen LogP contribution < -0.4 is 0 Å². The molecule has 0 aliphatic heterocycles. The van der Waals surface area contributed by atoms with Crippen LogP contribution in [0.3, 0.4) is 0 Å². The van der Waals surface area contributed by atoms with Gasteiger partial charge in [0.25, 0.3) is 0 Å². The summed E-state index contributed by atoms with van der Waals surface area (Å²) in [4.78, 5) is 11.2. The van der Waals surface area contributed by atoms with Gasteiger partial charge in [-0.1, -0.05) is 41.1 Å². The summed E-state index contributed by atoms with van der Waals surface area (Å²) in [7, 11) is 0. The van der Waals surface area contributed by atoms with E-state index >= 15 is 0 Å². The van der Waals surface area contributed by atoms with Gasteiger partial charge in [0.2, 0.25) is 0 Å². The van der Waals surface area contributed by atoms with E-state index in [1.54, 1.807) is 4.68 Å². The van der Waals surface area contributed by atoms with Crippen LogP contribution in [-0.2, 0) is 0 Å². The average Bonchev–Trinajstić information content (AvgIpc) is 2.77. The van der Waals surface area contributed by atoms with E-state index in [4.69, 9.17) is 0 Å². The molecule has 0 atom stereocenters. The lowest BCUT2D eigenvalue weighted by molar-refractivity contribution is 0.0688. The quantitative estimate of drug-likeness (QED) is 0.942. The lowest BCUT2D eigenvalue weighted by Crippen LogP contribution is -2.09. The van der Waals surface area contributed by atoms with Crippen molar-refractivity contribution >= 4 is 21.9 Å². The van der Waals surface area contributed by atoms with E-state index in [2.05, 4.69) is 26.2 Å². The van der Waals surface area contributed by atoms with Crippen molar-refractivity contribution < 1.29 is 9.90 Å². The van der Waals surface area contributed by atoms with E-state index in [0.29, 0.717) is 5.69 Å². The maximum Gasteiger partial charge on any atom is 0.358 e. The Kier molecular flexibility index (Phi) is 3.71.